The smallest absolute Gasteiger partial charge is 0.407 e. The van der Waals surface area contributed by atoms with Crippen molar-refractivity contribution in [2.24, 2.45) is 15.3 Å². The lowest BCUT2D eigenvalue weighted by Gasteiger charge is -2.33. The molecule has 5 aromatic rings. The Morgan fingerprint density at radius 1 is 0.776 bits per heavy atom. The number of nitrogens with two attached hydrogens (primary N) is 1. The second-order valence-corrected chi connectivity index (χ2v) is 23.4. The maximum Gasteiger partial charge on any atom is 0.407 e. The van der Waals surface area contributed by atoms with E-state index in [2.05, 4.69) is 26.4 Å². The van der Waals surface area contributed by atoms with Crippen molar-refractivity contribution in [3.05, 3.63) is 125 Å². The molecule has 0 unspecified atom stereocenters. The molecule has 0 saturated heterocycles. The number of sulfonamides is 1. The van der Waals surface area contributed by atoms with Crippen LogP contribution in [0, 0.1) is 0 Å². The summed E-state index contributed by atoms with van der Waals surface area (Å²) in [6, 6.07) is 25.4. The van der Waals surface area contributed by atoms with Gasteiger partial charge in [0.1, 0.15) is 33.4 Å². The highest BCUT2D eigenvalue weighted by molar-refractivity contribution is 7.93. The number of nitrogens with one attached hydrogen (secondary N) is 3. The van der Waals surface area contributed by atoms with Crippen LogP contribution in [0.1, 0.15) is 80.6 Å². The molecular formula is C53H65N9O12S2. The van der Waals surface area contributed by atoms with Crippen LogP contribution in [-0.4, -0.2) is 113 Å². The average Bonchev–Trinajstić information content (AvgIpc) is 3.45. The molecule has 76 heavy (non-hydrogen) atoms. The highest BCUT2D eigenvalue weighted by Crippen LogP contribution is 2.41. The molecule has 1 heterocycles. The molecule has 0 spiro atoms. The first-order chi connectivity index (χ1) is 35.9. The Morgan fingerprint density at radius 3 is 1.96 bits per heavy atom. The summed E-state index contributed by atoms with van der Waals surface area (Å²) < 4.78 is 86.1. The van der Waals surface area contributed by atoms with Crippen molar-refractivity contribution in [3.8, 4) is 28.4 Å². The number of carbonyl (C=O) groups excluding carboxylic acids is 2. The number of rotatable bonds is 20. The van der Waals surface area contributed by atoms with Gasteiger partial charge in [-0.25, -0.2) is 36.8 Å². The minimum absolute atomic E-state index is 0.00208. The van der Waals surface area contributed by atoms with Crippen LogP contribution in [0.2, 0.25) is 0 Å². The van der Waals surface area contributed by atoms with E-state index < -0.39 is 71.2 Å². The van der Waals surface area contributed by atoms with Gasteiger partial charge in [-0.15, -0.1) is 0 Å². The molecule has 0 saturated carbocycles. The summed E-state index contributed by atoms with van der Waals surface area (Å²) in [7, 11) is -5.55. The molecule has 1 aliphatic heterocycles. The van der Waals surface area contributed by atoms with Crippen molar-refractivity contribution in [1.29, 1.82) is 0 Å². The molecule has 2 bridgehead atoms. The number of benzene rings is 5. The molecular weight excluding hydrogens is 1020 g/mol. The first kappa shape index (κ1) is 57.5. The van der Waals surface area contributed by atoms with Crippen molar-refractivity contribution in [3.63, 3.8) is 0 Å². The molecule has 1 aliphatic rings. The fourth-order valence-corrected chi connectivity index (χ4v) is 11.7. The first-order valence-electron chi connectivity index (χ1n) is 24.1. The average molecular weight is 1080 g/mol. The number of ether oxygens (including phenoxy) is 4. The number of aliphatic imine (C=N–C) groups is 1. The van der Waals surface area contributed by atoms with Gasteiger partial charge in [0.25, 0.3) is 5.91 Å². The first-order valence-corrected chi connectivity index (χ1v) is 27.1. The second kappa shape index (κ2) is 24.3. The zero-order valence-corrected chi connectivity index (χ0v) is 45.6. The normalized spacial score (nSPS) is 12.8. The maximum atomic E-state index is 16.4. The van der Waals surface area contributed by atoms with Gasteiger partial charge in [0, 0.05) is 49.4 Å². The van der Waals surface area contributed by atoms with Gasteiger partial charge in [0.05, 0.1) is 49.8 Å². The number of nitrogens with zero attached hydrogens (tertiary/aromatic N) is 5. The predicted octanol–water partition coefficient (Wildman–Crippen LogP) is 8.10. The van der Waals surface area contributed by atoms with Gasteiger partial charge in [0.2, 0.25) is 10.0 Å². The number of alkyl carbamates (subject to hydrolysis) is 1. The zero-order valence-electron chi connectivity index (χ0n) is 44.0. The molecule has 0 fully saturated rings. The minimum Gasteiger partial charge on any atom is -0.497 e. The number of hydrogen-bond acceptors (Lipinski definition) is 16. The topological polar surface area (TPSA) is 282 Å². The van der Waals surface area contributed by atoms with Gasteiger partial charge < -0.3 is 45.3 Å². The molecule has 0 radical (unpaired) electrons. The van der Waals surface area contributed by atoms with Crippen LogP contribution in [0.3, 0.4) is 0 Å². The fourth-order valence-electron chi connectivity index (χ4n) is 8.05. The molecule has 23 heteroatoms. The van der Waals surface area contributed by atoms with Gasteiger partial charge >= 0.3 is 12.2 Å². The summed E-state index contributed by atoms with van der Waals surface area (Å²) in [6.45, 7) is 9.22. The van der Waals surface area contributed by atoms with Crippen molar-refractivity contribution in [2.75, 3.05) is 52.5 Å². The van der Waals surface area contributed by atoms with Crippen LogP contribution in [0.15, 0.2) is 122 Å². The fraction of sp³-hybridized carbons (Fsp3) is 0.358. The van der Waals surface area contributed by atoms with Crippen LogP contribution in [0.5, 0.6) is 17.2 Å². The van der Waals surface area contributed by atoms with Crippen LogP contribution in [0.4, 0.5) is 21.0 Å². The lowest BCUT2D eigenvalue weighted by molar-refractivity contribution is 0.0527. The molecule has 0 atom stereocenters. The Bertz CT molecular complexity index is 3160. The highest BCUT2D eigenvalue weighted by Gasteiger charge is 2.39. The highest BCUT2D eigenvalue weighted by atomic mass is 32.2. The summed E-state index contributed by atoms with van der Waals surface area (Å²) >= 11 is 0. The van der Waals surface area contributed by atoms with Crippen LogP contribution in [-0.2, 0) is 44.2 Å². The van der Waals surface area contributed by atoms with Crippen LogP contribution < -0.4 is 36.0 Å². The summed E-state index contributed by atoms with van der Waals surface area (Å²) in [4.78, 5) is 43.2. The predicted molar refractivity (Wildman–Crippen MR) is 287 cm³/mol. The Hall–Kier alpha value is -7.76. The van der Waals surface area contributed by atoms with Gasteiger partial charge in [-0.3, -0.25) is 4.79 Å². The Balaban J connectivity index is 1.65. The molecule has 6 N–H and O–H groups in total. The van der Waals surface area contributed by atoms with Crippen molar-refractivity contribution in [1.82, 2.24) is 25.3 Å². The zero-order chi connectivity index (χ0) is 55.6. The Morgan fingerprint density at radius 2 is 1.39 bits per heavy atom. The van der Waals surface area contributed by atoms with E-state index >= 15 is 16.8 Å². The van der Waals surface area contributed by atoms with Crippen molar-refractivity contribution in [2.45, 2.75) is 88.5 Å². The monoisotopic (exact) mass is 1080 g/mol. The number of carboxylic acid groups (broad SMARTS) is 1. The molecule has 5 aromatic carbocycles. The molecule has 21 nitrogen and oxygen atoms in total. The summed E-state index contributed by atoms with van der Waals surface area (Å²) in [5.74, 6) is -0.501. The summed E-state index contributed by atoms with van der Waals surface area (Å²) in [6.07, 6.45) is -1.69. The van der Waals surface area contributed by atoms with E-state index in [9.17, 15) is 19.5 Å². The largest absolute Gasteiger partial charge is 0.497 e. The number of sulfone groups is 1. The molecule has 0 aromatic heterocycles. The van der Waals surface area contributed by atoms with Crippen molar-refractivity contribution >= 4 is 55.2 Å². The van der Waals surface area contributed by atoms with E-state index in [4.69, 9.17) is 29.7 Å². The van der Waals surface area contributed by atoms with Crippen LogP contribution >= 0.6 is 0 Å². The van der Waals surface area contributed by atoms with Crippen LogP contribution in [0.25, 0.3) is 11.1 Å². The van der Waals surface area contributed by atoms with E-state index in [1.807, 2.05) is 0 Å². The molecule has 3 amide bonds. The van der Waals surface area contributed by atoms with Gasteiger partial charge in [-0.2, -0.15) is 9.42 Å². The lowest BCUT2D eigenvalue weighted by Crippen LogP contribution is -2.47. The SMILES string of the molecule is COc1ccc(CN(Cc2ccc(OC)cc2)S(=O)(=O)c2c(S(=O)(=O)CCN(C(=O)O)C(C)(C)C)ccc(-c3cccc(C(=O)NCCCNC(=O)OC(C)(C)C)c3N)c2C2=Nc3cc(ccc3OC)CN=NN2)cc1. The quantitative estimate of drug-likeness (QED) is 0.0364. The van der Waals surface area contributed by atoms with E-state index in [-0.39, 0.29) is 77.9 Å². The number of amidine groups is 1. The molecule has 6 rings (SSSR count). The van der Waals surface area contributed by atoms with Gasteiger partial charge in [-0.1, -0.05) is 53.8 Å². The number of nitrogen functional groups attached to an aromatic ring is 1. The number of amides is 3. The standard InChI is InChI=1S/C53H65N9O12S2/c1-52(2,3)62(51(65)66)28-29-75(67,68)44-25-23-39(40-12-10-13-41(46(40)54)49(63)55-26-11-27-56-50(64)74-53(4,5)6)45(48-58-42-30-36(31-57-60-59-48)18-24-43(42)73-9)47(44)76(69,70)61(32-34-14-19-37(71-7)20-15-34)33-35-16-21-38(72-8)22-17-35/h10,12-25,30H,11,26-29,31-33,54H2,1-9H3,(H,55,63)(H,56,64)(H,65,66)(H,57,58,59). The molecule has 0 aliphatic carbocycles. The third-order valence-corrected chi connectivity index (χ3v) is 15.6. The van der Waals surface area contributed by atoms with E-state index in [0.29, 0.717) is 34.6 Å². The van der Waals surface area contributed by atoms with Crippen molar-refractivity contribution < 1.29 is 55.3 Å². The number of fused-ring (bicyclic) bond motifs is 2. The number of hydrogen-bond donors (Lipinski definition) is 5. The Labute approximate surface area is 443 Å². The minimum atomic E-state index is -5.15. The van der Waals surface area contributed by atoms with Gasteiger partial charge in [0.15, 0.2) is 15.7 Å². The number of anilines is 1. The number of methoxy groups -OCH3 is 3. The second-order valence-electron chi connectivity index (χ2n) is 19.5. The third kappa shape index (κ3) is 14.3. The lowest BCUT2D eigenvalue weighted by atomic mass is 9.95. The summed E-state index contributed by atoms with van der Waals surface area (Å²) in [5.41, 5.74) is 9.47. The third-order valence-electron chi connectivity index (χ3n) is 11.9. The van der Waals surface area contributed by atoms with Gasteiger partial charge in [-0.05, 0) is 119 Å². The Kier molecular flexibility index (Phi) is 18.4. The van der Waals surface area contributed by atoms with E-state index in [0.717, 1.165) is 15.3 Å². The maximum absolute atomic E-state index is 16.4. The molecule has 406 valence electrons. The van der Waals surface area contributed by atoms with E-state index in [1.165, 1.54) is 39.5 Å². The number of para-hydroxylation sites is 1. The van der Waals surface area contributed by atoms with E-state index in [1.54, 1.807) is 114 Å². The summed E-state index contributed by atoms with van der Waals surface area (Å²) in [5, 5.41) is 24.2. The number of carbonyl (C=O) groups is 3.